The van der Waals surface area contributed by atoms with E-state index in [-0.39, 0.29) is 17.9 Å². The van der Waals surface area contributed by atoms with Crippen LogP contribution in [0.3, 0.4) is 0 Å². The summed E-state index contributed by atoms with van der Waals surface area (Å²) in [6.45, 7) is 0.0388. The first-order valence-electron chi connectivity index (χ1n) is 6.60. The number of benzene rings is 2. The predicted molar refractivity (Wildman–Crippen MR) is 86.1 cm³/mol. The van der Waals surface area contributed by atoms with Crippen molar-refractivity contribution in [2.24, 2.45) is 0 Å². The molecule has 1 amide bonds. The fourth-order valence-corrected chi connectivity index (χ4v) is 2.28. The molecule has 0 aliphatic heterocycles. The minimum Gasteiger partial charge on any atom is -0.507 e. The fourth-order valence-electron chi connectivity index (χ4n) is 1.92. The molecule has 1 atom stereocenters. The van der Waals surface area contributed by atoms with Gasteiger partial charge in [-0.15, -0.1) is 0 Å². The van der Waals surface area contributed by atoms with Crippen molar-refractivity contribution in [3.05, 3.63) is 58.1 Å². The van der Waals surface area contributed by atoms with E-state index in [4.69, 9.17) is 4.74 Å². The SMILES string of the molecule is COc1ccc([C@@H](O)CNC(=O)c2cc(Br)ccc2O)cc1. The highest BCUT2D eigenvalue weighted by molar-refractivity contribution is 9.10. The summed E-state index contributed by atoms with van der Waals surface area (Å²) >= 11 is 3.24. The van der Waals surface area contributed by atoms with Gasteiger partial charge in [-0.1, -0.05) is 28.1 Å². The van der Waals surface area contributed by atoms with Crippen LogP contribution in [0.1, 0.15) is 22.0 Å². The van der Waals surface area contributed by atoms with Crippen LogP contribution in [0.5, 0.6) is 11.5 Å². The molecule has 5 nitrogen and oxygen atoms in total. The number of halogens is 1. The molecule has 6 heteroatoms. The molecular weight excluding hydrogens is 350 g/mol. The molecule has 3 N–H and O–H groups in total. The fraction of sp³-hybridized carbons (Fsp3) is 0.188. The van der Waals surface area contributed by atoms with Crippen LogP contribution in [0.15, 0.2) is 46.9 Å². The second-order valence-electron chi connectivity index (χ2n) is 4.66. The van der Waals surface area contributed by atoms with Crippen molar-refractivity contribution in [2.45, 2.75) is 6.10 Å². The van der Waals surface area contributed by atoms with Crippen molar-refractivity contribution in [3.8, 4) is 11.5 Å². The molecule has 0 unspecified atom stereocenters. The first-order valence-corrected chi connectivity index (χ1v) is 7.39. The van der Waals surface area contributed by atoms with Crippen molar-refractivity contribution >= 4 is 21.8 Å². The van der Waals surface area contributed by atoms with Gasteiger partial charge >= 0.3 is 0 Å². The number of rotatable bonds is 5. The van der Waals surface area contributed by atoms with Gasteiger partial charge in [0.1, 0.15) is 11.5 Å². The maximum Gasteiger partial charge on any atom is 0.255 e. The molecule has 0 aromatic heterocycles. The van der Waals surface area contributed by atoms with Crippen molar-refractivity contribution in [2.75, 3.05) is 13.7 Å². The van der Waals surface area contributed by atoms with E-state index in [1.807, 2.05) is 0 Å². The highest BCUT2D eigenvalue weighted by Crippen LogP contribution is 2.22. The van der Waals surface area contributed by atoms with Gasteiger partial charge in [-0.05, 0) is 35.9 Å². The Balaban J connectivity index is 1.99. The van der Waals surface area contributed by atoms with Crippen LogP contribution in [0.25, 0.3) is 0 Å². The van der Waals surface area contributed by atoms with Crippen molar-refractivity contribution in [1.29, 1.82) is 0 Å². The van der Waals surface area contributed by atoms with Crippen LogP contribution in [0.2, 0.25) is 0 Å². The second kappa shape index (κ2) is 7.29. The van der Waals surface area contributed by atoms with Crippen LogP contribution in [-0.2, 0) is 0 Å². The Kier molecular flexibility index (Phi) is 5.41. The minimum atomic E-state index is -0.843. The smallest absolute Gasteiger partial charge is 0.255 e. The summed E-state index contributed by atoms with van der Waals surface area (Å²) in [4.78, 5) is 12.0. The highest BCUT2D eigenvalue weighted by atomic mass is 79.9. The van der Waals surface area contributed by atoms with Crippen molar-refractivity contribution in [3.63, 3.8) is 0 Å². The summed E-state index contributed by atoms with van der Waals surface area (Å²) in [6.07, 6.45) is -0.843. The number of hydrogen-bond acceptors (Lipinski definition) is 4. The molecule has 0 saturated carbocycles. The van der Waals surface area contributed by atoms with Gasteiger partial charge in [-0.25, -0.2) is 0 Å². The summed E-state index contributed by atoms with van der Waals surface area (Å²) in [5.74, 6) is 0.130. The number of aromatic hydroxyl groups is 1. The standard InChI is InChI=1S/C16H16BrNO4/c1-22-12-5-2-10(3-6-12)15(20)9-18-16(21)13-8-11(17)4-7-14(13)19/h2-8,15,19-20H,9H2,1H3,(H,18,21)/t15-/m0/s1. The average Bonchev–Trinajstić information content (AvgIpc) is 2.54. The zero-order chi connectivity index (χ0) is 16.1. The molecule has 0 aliphatic carbocycles. The summed E-state index contributed by atoms with van der Waals surface area (Å²) < 4.78 is 5.73. The molecule has 2 aromatic rings. The van der Waals surface area contributed by atoms with Crippen LogP contribution < -0.4 is 10.1 Å². The first kappa shape index (κ1) is 16.3. The quantitative estimate of drug-likeness (QED) is 0.760. The molecule has 22 heavy (non-hydrogen) atoms. The van der Waals surface area contributed by atoms with Gasteiger partial charge in [0.15, 0.2) is 0 Å². The average molecular weight is 366 g/mol. The molecule has 116 valence electrons. The molecule has 0 saturated heterocycles. The van der Waals surface area contributed by atoms with Gasteiger partial charge in [0.25, 0.3) is 5.91 Å². The molecule has 0 fully saturated rings. The number of aliphatic hydroxyl groups is 1. The third-order valence-corrected chi connectivity index (χ3v) is 3.65. The normalized spacial score (nSPS) is 11.8. The number of nitrogens with one attached hydrogen (secondary N) is 1. The number of ether oxygens (including phenoxy) is 1. The number of amides is 1. The molecule has 2 rings (SSSR count). The summed E-state index contributed by atoms with van der Waals surface area (Å²) in [6, 6.07) is 11.5. The maximum absolute atomic E-state index is 12.0. The summed E-state index contributed by atoms with van der Waals surface area (Å²) in [5.41, 5.74) is 0.816. The lowest BCUT2D eigenvalue weighted by Crippen LogP contribution is -2.28. The predicted octanol–water partition coefficient (Wildman–Crippen LogP) is 2.63. The Morgan fingerprint density at radius 2 is 1.95 bits per heavy atom. The van der Waals surface area contributed by atoms with Gasteiger partial charge in [-0.2, -0.15) is 0 Å². The second-order valence-corrected chi connectivity index (χ2v) is 5.58. The van der Waals surface area contributed by atoms with E-state index in [2.05, 4.69) is 21.2 Å². The Morgan fingerprint density at radius 3 is 2.59 bits per heavy atom. The van der Waals surface area contributed by atoms with Crippen LogP contribution in [-0.4, -0.2) is 29.8 Å². The van der Waals surface area contributed by atoms with E-state index in [1.165, 1.54) is 12.1 Å². The Labute approximate surface area is 136 Å². The van der Waals surface area contributed by atoms with Gasteiger partial charge in [0.2, 0.25) is 0 Å². The third kappa shape index (κ3) is 3.99. The van der Waals surface area contributed by atoms with E-state index in [0.29, 0.717) is 15.8 Å². The minimum absolute atomic E-state index is 0.0388. The number of phenols is 1. The monoisotopic (exact) mass is 365 g/mol. The number of hydrogen-bond donors (Lipinski definition) is 3. The van der Waals surface area contributed by atoms with E-state index in [1.54, 1.807) is 37.4 Å². The molecular formula is C16H16BrNO4. The molecule has 0 aliphatic rings. The highest BCUT2D eigenvalue weighted by Gasteiger charge is 2.14. The Hall–Kier alpha value is -2.05. The summed E-state index contributed by atoms with van der Waals surface area (Å²) in [7, 11) is 1.57. The Bertz CT molecular complexity index is 658. The van der Waals surface area contributed by atoms with Gasteiger partial charge < -0.3 is 20.3 Å². The van der Waals surface area contributed by atoms with E-state index in [9.17, 15) is 15.0 Å². The lowest BCUT2D eigenvalue weighted by molar-refractivity contribution is 0.0913. The van der Waals surface area contributed by atoms with Crippen molar-refractivity contribution < 1.29 is 19.7 Å². The van der Waals surface area contributed by atoms with E-state index in [0.717, 1.165) is 0 Å². The molecule has 0 radical (unpaired) electrons. The largest absolute Gasteiger partial charge is 0.507 e. The molecule has 0 bridgehead atoms. The van der Waals surface area contributed by atoms with Crippen LogP contribution in [0, 0.1) is 0 Å². The van der Waals surface area contributed by atoms with Gasteiger partial charge in [0.05, 0.1) is 18.8 Å². The van der Waals surface area contributed by atoms with Crippen LogP contribution in [0.4, 0.5) is 0 Å². The zero-order valence-corrected chi connectivity index (χ0v) is 13.5. The van der Waals surface area contributed by atoms with Gasteiger partial charge in [-0.3, -0.25) is 4.79 Å². The maximum atomic E-state index is 12.0. The summed E-state index contributed by atoms with van der Waals surface area (Å²) in [5, 5.41) is 22.4. The van der Waals surface area contributed by atoms with Crippen LogP contribution >= 0.6 is 15.9 Å². The first-order chi connectivity index (χ1) is 10.5. The van der Waals surface area contributed by atoms with E-state index < -0.39 is 12.0 Å². The zero-order valence-electron chi connectivity index (χ0n) is 11.9. The third-order valence-electron chi connectivity index (χ3n) is 3.16. The molecule has 0 heterocycles. The molecule has 0 spiro atoms. The molecule has 2 aromatic carbocycles. The lowest BCUT2D eigenvalue weighted by atomic mass is 10.1. The number of methoxy groups -OCH3 is 1. The number of aliphatic hydroxyl groups excluding tert-OH is 1. The number of carbonyl (C=O) groups excluding carboxylic acids is 1. The topological polar surface area (TPSA) is 78.8 Å². The van der Waals surface area contributed by atoms with Gasteiger partial charge in [0, 0.05) is 11.0 Å². The van der Waals surface area contributed by atoms with E-state index >= 15 is 0 Å². The van der Waals surface area contributed by atoms with Crippen molar-refractivity contribution in [1.82, 2.24) is 5.32 Å². The number of phenolic OH excluding ortho intramolecular Hbond substituents is 1. The Morgan fingerprint density at radius 1 is 1.27 bits per heavy atom. The lowest BCUT2D eigenvalue weighted by Gasteiger charge is -2.13. The number of carbonyl (C=O) groups is 1.